The van der Waals surface area contributed by atoms with Crippen LogP contribution in [0.15, 0.2) is 18.2 Å². The number of benzene rings is 1. The normalized spacial score (nSPS) is 11.7. The monoisotopic (exact) mass is 324 g/mol. The second-order valence-electron chi connectivity index (χ2n) is 4.32. The molecular weight excluding hydrogens is 304 g/mol. The van der Waals surface area contributed by atoms with Crippen molar-refractivity contribution in [3.63, 3.8) is 0 Å². The fourth-order valence-corrected chi connectivity index (χ4v) is 4.57. The minimum absolute atomic E-state index is 0.309. The molecule has 84 valence electrons. The molecule has 0 aliphatic heterocycles. The molecule has 0 fully saturated rings. The molecule has 15 heavy (non-hydrogen) atoms. The van der Waals surface area contributed by atoms with Crippen LogP contribution >= 0.6 is 0 Å². The molecule has 1 N–H and O–H groups in total. The van der Waals surface area contributed by atoms with E-state index >= 15 is 0 Å². The van der Waals surface area contributed by atoms with E-state index in [1.54, 1.807) is 0 Å². The van der Waals surface area contributed by atoms with Crippen LogP contribution in [0.25, 0.3) is 0 Å². The van der Waals surface area contributed by atoms with Crippen LogP contribution in [-0.4, -0.2) is 23.4 Å². The first-order valence-electron chi connectivity index (χ1n) is 5.18. The van der Waals surface area contributed by atoms with E-state index in [2.05, 4.69) is 27.7 Å². The van der Waals surface area contributed by atoms with Crippen molar-refractivity contribution >= 4 is 23.6 Å². The molecule has 1 aromatic rings. The quantitative estimate of drug-likeness (QED) is 0.865. The van der Waals surface area contributed by atoms with E-state index in [1.807, 2.05) is 18.2 Å². The van der Waals surface area contributed by atoms with Gasteiger partial charge in [0.1, 0.15) is 0 Å². The molecule has 0 amide bonds. The molecular formula is C12H18O2Te. The summed E-state index contributed by atoms with van der Waals surface area (Å²) in [5.41, 5.74) is 2.07. The summed E-state index contributed by atoms with van der Waals surface area (Å²) in [6.45, 7) is 8.24. The van der Waals surface area contributed by atoms with Crippen molar-refractivity contribution in [2.75, 3.05) is 0 Å². The molecule has 2 nitrogen and oxygen atoms in total. The molecule has 0 atom stereocenters. The first-order valence-corrected chi connectivity index (χ1v) is 8.34. The van der Waals surface area contributed by atoms with Crippen LogP contribution in [0.1, 0.15) is 50.7 Å². The first kappa shape index (κ1) is 12.8. The Hall–Kier alpha value is -0.230. The molecule has 0 unspecified atom stereocenters. The molecule has 0 spiro atoms. The van der Waals surface area contributed by atoms with Crippen LogP contribution in [0.2, 0.25) is 0 Å². The fraction of sp³-hybridized carbons (Fsp3) is 0.500. The predicted octanol–water partition coefficient (Wildman–Crippen LogP) is 2.05. The summed E-state index contributed by atoms with van der Waals surface area (Å²) in [5.74, 6) is 0.617. The zero-order valence-corrected chi connectivity index (χ0v) is 12.0. The second kappa shape index (κ2) is 5.20. The van der Waals surface area contributed by atoms with Crippen molar-refractivity contribution < 1.29 is 6.58 Å². The third-order valence-electron chi connectivity index (χ3n) is 2.49. The van der Waals surface area contributed by atoms with Crippen molar-refractivity contribution in [1.82, 2.24) is 0 Å². The van der Waals surface area contributed by atoms with E-state index < -0.39 is 19.9 Å². The van der Waals surface area contributed by atoms with Gasteiger partial charge in [-0.05, 0) is 0 Å². The van der Waals surface area contributed by atoms with Gasteiger partial charge in [0, 0.05) is 0 Å². The van der Waals surface area contributed by atoms with Crippen LogP contribution in [0, 0.1) is 0 Å². The first-order chi connectivity index (χ1) is 6.95. The van der Waals surface area contributed by atoms with E-state index in [-0.39, 0.29) is 0 Å². The number of hydrogen-bond donors (Lipinski definition) is 1. The van der Waals surface area contributed by atoms with Gasteiger partial charge in [0.15, 0.2) is 0 Å². The fourth-order valence-electron chi connectivity index (χ4n) is 1.68. The zero-order chi connectivity index (χ0) is 11.6. The third-order valence-corrected chi connectivity index (χ3v) is 4.84. The van der Waals surface area contributed by atoms with Gasteiger partial charge in [0.2, 0.25) is 0 Å². The summed E-state index contributed by atoms with van der Waals surface area (Å²) in [6.07, 6.45) is 0. The molecule has 0 saturated carbocycles. The van der Waals surface area contributed by atoms with Crippen LogP contribution in [-0.2, 0) is 3.10 Å². The average molecular weight is 322 g/mol. The summed E-state index contributed by atoms with van der Waals surface area (Å²) >= 11 is -3.27. The van der Waals surface area contributed by atoms with Crippen LogP contribution in [0.5, 0.6) is 0 Å². The van der Waals surface area contributed by atoms with E-state index in [4.69, 9.17) is 0 Å². The third kappa shape index (κ3) is 2.87. The van der Waals surface area contributed by atoms with Crippen molar-refractivity contribution in [3.8, 4) is 0 Å². The molecule has 1 aromatic carbocycles. The summed E-state index contributed by atoms with van der Waals surface area (Å²) in [7, 11) is 0. The summed E-state index contributed by atoms with van der Waals surface area (Å²) in [6, 6.07) is 5.91. The average Bonchev–Trinajstić information content (AvgIpc) is 2.16. The molecule has 0 heterocycles. The van der Waals surface area contributed by atoms with Crippen LogP contribution < -0.4 is 3.61 Å². The maximum atomic E-state index is 11.5. The van der Waals surface area contributed by atoms with Crippen molar-refractivity contribution in [1.29, 1.82) is 0 Å². The van der Waals surface area contributed by atoms with Gasteiger partial charge in [-0.3, -0.25) is 0 Å². The predicted molar refractivity (Wildman–Crippen MR) is 62.9 cm³/mol. The van der Waals surface area contributed by atoms with Gasteiger partial charge in [-0.1, -0.05) is 0 Å². The molecule has 0 bridgehead atoms. The van der Waals surface area contributed by atoms with Gasteiger partial charge < -0.3 is 0 Å². The Bertz CT molecular complexity index is 344. The van der Waals surface area contributed by atoms with Crippen molar-refractivity contribution in [2.24, 2.45) is 0 Å². The Morgan fingerprint density at radius 2 is 1.47 bits per heavy atom. The van der Waals surface area contributed by atoms with Crippen molar-refractivity contribution in [3.05, 3.63) is 29.3 Å². The Morgan fingerprint density at radius 1 is 1.07 bits per heavy atom. The maximum absolute atomic E-state index is 11.5. The topological polar surface area (TPSA) is 37.3 Å². The molecule has 0 saturated heterocycles. The van der Waals surface area contributed by atoms with Gasteiger partial charge in [0.05, 0.1) is 0 Å². The minimum atomic E-state index is -3.27. The molecule has 0 radical (unpaired) electrons. The van der Waals surface area contributed by atoms with E-state index in [9.17, 15) is 6.58 Å². The van der Waals surface area contributed by atoms with Gasteiger partial charge in [0.25, 0.3) is 0 Å². The SMILES string of the molecule is CC(C)c1cccc(C(C)C)c1[Te](=O)O. The zero-order valence-electron chi connectivity index (χ0n) is 9.65. The second-order valence-corrected chi connectivity index (χ2v) is 6.91. The van der Waals surface area contributed by atoms with Crippen LogP contribution in [0.4, 0.5) is 0 Å². The standard InChI is InChI=1S/C12H18O2Te/c1-8(2)10-6-5-7-11(9(3)4)12(10)15(13)14/h5-9H,1-4H3,(H,13,14). The Labute approximate surface area is 98.9 Å². The van der Waals surface area contributed by atoms with Gasteiger partial charge >= 0.3 is 99.0 Å². The summed E-state index contributed by atoms with van der Waals surface area (Å²) < 4.78 is 21.7. The van der Waals surface area contributed by atoms with Crippen molar-refractivity contribution in [2.45, 2.75) is 39.5 Å². The Kier molecular flexibility index (Phi) is 4.45. The summed E-state index contributed by atoms with van der Waals surface area (Å²) in [4.78, 5) is 0. The Morgan fingerprint density at radius 3 is 1.73 bits per heavy atom. The van der Waals surface area contributed by atoms with Gasteiger partial charge in [-0.2, -0.15) is 0 Å². The van der Waals surface area contributed by atoms with Gasteiger partial charge in [-0.15, -0.1) is 0 Å². The van der Waals surface area contributed by atoms with E-state index in [0.29, 0.717) is 11.8 Å². The molecule has 0 aliphatic carbocycles. The Balaban J connectivity index is 3.42. The molecule has 3 heteroatoms. The number of rotatable bonds is 3. The molecule has 0 aliphatic rings. The van der Waals surface area contributed by atoms with Gasteiger partial charge in [-0.25, -0.2) is 0 Å². The van der Waals surface area contributed by atoms with Crippen LogP contribution in [0.3, 0.4) is 0 Å². The summed E-state index contributed by atoms with van der Waals surface area (Å²) in [5, 5.41) is 0. The number of hydrogen-bond acceptors (Lipinski definition) is 1. The molecule has 0 aromatic heterocycles. The van der Waals surface area contributed by atoms with E-state index in [1.165, 1.54) is 0 Å². The van der Waals surface area contributed by atoms with E-state index in [0.717, 1.165) is 14.7 Å². The molecule has 1 rings (SSSR count).